The summed E-state index contributed by atoms with van der Waals surface area (Å²) in [6.45, 7) is 0.0723. The summed E-state index contributed by atoms with van der Waals surface area (Å²) in [5, 5.41) is 2.98. The zero-order valence-corrected chi connectivity index (χ0v) is 10.6. The predicted octanol–water partition coefficient (Wildman–Crippen LogP) is 2.13. The molecule has 1 aliphatic rings. The second-order valence-electron chi connectivity index (χ2n) is 4.51. The van der Waals surface area contributed by atoms with Crippen LogP contribution in [0.1, 0.15) is 25.7 Å². The number of benzene rings is 1. The molecule has 0 aliphatic heterocycles. The molecule has 0 heterocycles. The highest BCUT2D eigenvalue weighted by Gasteiger charge is 2.17. The first-order valence-corrected chi connectivity index (χ1v) is 6.34. The van der Waals surface area contributed by atoms with Crippen LogP contribution in [-0.4, -0.2) is 25.7 Å². The molecule has 1 aromatic carbocycles. The van der Waals surface area contributed by atoms with E-state index in [9.17, 15) is 4.79 Å². The van der Waals surface area contributed by atoms with Gasteiger partial charge in [0.15, 0.2) is 6.61 Å². The third-order valence-corrected chi connectivity index (χ3v) is 3.15. The lowest BCUT2D eigenvalue weighted by Crippen LogP contribution is -2.36. The highest BCUT2D eigenvalue weighted by Crippen LogP contribution is 2.18. The van der Waals surface area contributed by atoms with E-state index in [0.29, 0.717) is 11.8 Å². The molecule has 0 radical (unpaired) electrons. The number of amides is 1. The maximum absolute atomic E-state index is 11.6. The molecule has 0 bridgehead atoms. The molecule has 1 aliphatic carbocycles. The van der Waals surface area contributed by atoms with Gasteiger partial charge < -0.3 is 14.8 Å². The number of hydrogen-bond donors (Lipinski definition) is 1. The van der Waals surface area contributed by atoms with Gasteiger partial charge in [0.05, 0.1) is 7.11 Å². The van der Waals surface area contributed by atoms with Gasteiger partial charge in [-0.15, -0.1) is 0 Å². The Morgan fingerprint density at radius 1 is 1.22 bits per heavy atom. The van der Waals surface area contributed by atoms with E-state index in [4.69, 9.17) is 9.47 Å². The maximum atomic E-state index is 11.6. The van der Waals surface area contributed by atoms with Gasteiger partial charge in [0.25, 0.3) is 5.91 Å². The van der Waals surface area contributed by atoms with E-state index in [0.717, 1.165) is 18.6 Å². The summed E-state index contributed by atoms with van der Waals surface area (Å²) in [6.07, 6.45) is 4.61. The molecule has 0 atom stereocenters. The molecule has 1 fully saturated rings. The zero-order valence-electron chi connectivity index (χ0n) is 10.6. The molecule has 98 valence electrons. The number of methoxy groups -OCH3 is 1. The van der Waals surface area contributed by atoms with Gasteiger partial charge in [-0.2, -0.15) is 0 Å². The Bertz CT molecular complexity index is 383. The minimum Gasteiger partial charge on any atom is -0.497 e. The summed E-state index contributed by atoms with van der Waals surface area (Å²) < 4.78 is 10.5. The van der Waals surface area contributed by atoms with Crippen molar-refractivity contribution >= 4 is 5.91 Å². The first-order valence-electron chi connectivity index (χ1n) is 6.34. The maximum Gasteiger partial charge on any atom is 0.258 e. The van der Waals surface area contributed by atoms with Gasteiger partial charge >= 0.3 is 0 Å². The van der Waals surface area contributed by atoms with E-state index in [1.807, 2.05) is 12.1 Å². The van der Waals surface area contributed by atoms with Crippen LogP contribution >= 0.6 is 0 Å². The van der Waals surface area contributed by atoms with Crippen molar-refractivity contribution in [2.75, 3.05) is 13.7 Å². The third-order valence-electron chi connectivity index (χ3n) is 3.15. The molecule has 1 amide bonds. The Kier molecular flexibility index (Phi) is 4.45. The quantitative estimate of drug-likeness (QED) is 0.869. The van der Waals surface area contributed by atoms with Crippen molar-refractivity contribution in [2.45, 2.75) is 31.7 Å². The molecule has 1 N–H and O–H groups in total. The first kappa shape index (κ1) is 12.7. The first-order chi connectivity index (χ1) is 8.78. The molecule has 0 spiro atoms. The largest absolute Gasteiger partial charge is 0.497 e. The summed E-state index contributed by atoms with van der Waals surface area (Å²) >= 11 is 0. The molecule has 0 aromatic heterocycles. The van der Waals surface area contributed by atoms with Crippen molar-refractivity contribution in [3.05, 3.63) is 24.3 Å². The molecular formula is C14H19NO3. The third kappa shape index (κ3) is 3.65. The standard InChI is InChI=1S/C14H19NO3/c1-17-12-6-8-13(9-7-12)18-10-14(16)15-11-4-2-3-5-11/h6-9,11H,2-5,10H2,1H3,(H,15,16). The van der Waals surface area contributed by atoms with Crippen molar-refractivity contribution in [1.82, 2.24) is 5.32 Å². The van der Waals surface area contributed by atoms with Crippen LogP contribution in [0.2, 0.25) is 0 Å². The Morgan fingerprint density at radius 2 is 1.83 bits per heavy atom. The number of hydrogen-bond acceptors (Lipinski definition) is 3. The highest BCUT2D eigenvalue weighted by molar-refractivity contribution is 5.77. The van der Waals surface area contributed by atoms with Crippen molar-refractivity contribution < 1.29 is 14.3 Å². The molecule has 2 rings (SSSR count). The molecule has 1 saturated carbocycles. The van der Waals surface area contributed by atoms with Crippen molar-refractivity contribution in [3.63, 3.8) is 0 Å². The lowest BCUT2D eigenvalue weighted by molar-refractivity contribution is -0.123. The number of carbonyl (C=O) groups is 1. The second-order valence-corrected chi connectivity index (χ2v) is 4.51. The average Bonchev–Trinajstić information content (AvgIpc) is 2.90. The molecule has 0 saturated heterocycles. The number of carbonyl (C=O) groups excluding carboxylic acids is 1. The van der Waals surface area contributed by atoms with Gasteiger partial charge in [-0.3, -0.25) is 4.79 Å². The van der Waals surface area contributed by atoms with E-state index in [1.165, 1.54) is 12.8 Å². The van der Waals surface area contributed by atoms with Crippen LogP contribution in [0, 0.1) is 0 Å². The zero-order chi connectivity index (χ0) is 12.8. The lowest BCUT2D eigenvalue weighted by Gasteiger charge is -2.12. The number of rotatable bonds is 5. The van der Waals surface area contributed by atoms with Crippen LogP contribution in [0.3, 0.4) is 0 Å². The normalized spacial score (nSPS) is 15.4. The van der Waals surface area contributed by atoms with Crippen LogP contribution in [0.25, 0.3) is 0 Å². The van der Waals surface area contributed by atoms with Gasteiger partial charge in [-0.05, 0) is 37.1 Å². The monoisotopic (exact) mass is 249 g/mol. The molecule has 4 nitrogen and oxygen atoms in total. The van der Waals surface area contributed by atoms with Gasteiger partial charge in [0, 0.05) is 6.04 Å². The molecule has 1 aromatic rings. The molecule has 18 heavy (non-hydrogen) atoms. The Labute approximate surface area is 107 Å². The average molecular weight is 249 g/mol. The van der Waals surface area contributed by atoms with Gasteiger partial charge in [0.1, 0.15) is 11.5 Å². The van der Waals surface area contributed by atoms with Crippen LogP contribution in [0.15, 0.2) is 24.3 Å². The van der Waals surface area contributed by atoms with E-state index < -0.39 is 0 Å². The van der Waals surface area contributed by atoms with E-state index in [1.54, 1.807) is 19.2 Å². The Morgan fingerprint density at radius 3 is 2.44 bits per heavy atom. The smallest absolute Gasteiger partial charge is 0.258 e. The Balaban J connectivity index is 1.74. The molecule has 4 heteroatoms. The van der Waals surface area contributed by atoms with Crippen molar-refractivity contribution in [1.29, 1.82) is 0 Å². The summed E-state index contributed by atoms with van der Waals surface area (Å²) in [7, 11) is 1.62. The highest BCUT2D eigenvalue weighted by atomic mass is 16.5. The molecular weight excluding hydrogens is 230 g/mol. The second kappa shape index (κ2) is 6.28. The fourth-order valence-electron chi connectivity index (χ4n) is 2.16. The lowest BCUT2D eigenvalue weighted by atomic mass is 10.2. The minimum absolute atomic E-state index is 0.0438. The summed E-state index contributed by atoms with van der Waals surface area (Å²) in [5.74, 6) is 1.41. The summed E-state index contributed by atoms with van der Waals surface area (Å²) in [5.41, 5.74) is 0. The van der Waals surface area contributed by atoms with E-state index >= 15 is 0 Å². The predicted molar refractivity (Wildman–Crippen MR) is 68.9 cm³/mol. The van der Waals surface area contributed by atoms with Gasteiger partial charge in [-0.25, -0.2) is 0 Å². The number of ether oxygens (including phenoxy) is 2. The number of nitrogens with one attached hydrogen (secondary N) is 1. The van der Waals surface area contributed by atoms with Crippen LogP contribution in [0.5, 0.6) is 11.5 Å². The van der Waals surface area contributed by atoms with Gasteiger partial charge in [-0.1, -0.05) is 12.8 Å². The summed E-state index contributed by atoms with van der Waals surface area (Å²) in [4.78, 5) is 11.6. The van der Waals surface area contributed by atoms with E-state index in [2.05, 4.69) is 5.32 Å². The van der Waals surface area contributed by atoms with Crippen LogP contribution < -0.4 is 14.8 Å². The minimum atomic E-state index is -0.0438. The Hall–Kier alpha value is -1.71. The van der Waals surface area contributed by atoms with Crippen LogP contribution in [-0.2, 0) is 4.79 Å². The van der Waals surface area contributed by atoms with Crippen molar-refractivity contribution in [2.24, 2.45) is 0 Å². The van der Waals surface area contributed by atoms with E-state index in [-0.39, 0.29) is 12.5 Å². The molecule has 0 unspecified atom stereocenters. The fraction of sp³-hybridized carbons (Fsp3) is 0.500. The van der Waals surface area contributed by atoms with Crippen molar-refractivity contribution in [3.8, 4) is 11.5 Å². The SMILES string of the molecule is COc1ccc(OCC(=O)NC2CCCC2)cc1. The van der Waals surface area contributed by atoms with Crippen LogP contribution in [0.4, 0.5) is 0 Å². The van der Waals surface area contributed by atoms with Gasteiger partial charge in [0.2, 0.25) is 0 Å². The summed E-state index contributed by atoms with van der Waals surface area (Å²) in [6, 6.07) is 7.55. The fourth-order valence-corrected chi connectivity index (χ4v) is 2.16. The topological polar surface area (TPSA) is 47.6 Å².